The van der Waals surface area contributed by atoms with Crippen LogP contribution in [-0.2, 0) is 13.6 Å². The van der Waals surface area contributed by atoms with Crippen LogP contribution in [0.2, 0.25) is 0 Å². The zero-order valence-electron chi connectivity index (χ0n) is 9.15. The highest BCUT2D eigenvalue weighted by Gasteiger charge is 2.15. The number of hydrogen-bond acceptors (Lipinski definition) is 3. The van der Waals surface area contributed by atoms with E-state index in [2.05, 4.69) is 15.1 Å². The number of nitrogens with two attached hydrogens (primary N) is 1. The molecule has 0 aromatic carbocycles. The molecular weight excluding hydrogens is 178 g/mol. The summed E-state index contributed by atoms with van der Waals surface area (Å²) in [5.41, 5.74) is 5.70. The summed E-state index contributed by atoms with van der Waals surface area (Å²) in [6, 6.07) is 0. The maximum atomic E-state index is 5.79. The number of nitrogens with zero attached hydrogens (tertiary/aromatic N) is 4. The van der Waals surface area contributed by atoms with Crippen molar-refractivity contribution in [3.8, 4) is 0 Å². The van der Waals surface area contributed by atoms with Crippen molar-refractivity contribution in [3.05, 3.63) is 12.2 Å². The van der Waals surface area contributed by atoms with Crippen molar-refractivity contribution >= 4 is 5.84 Å². The second kappa shape index (κ2) is 3.77. The van der Waals surface area contributed by atoms with Crippen LogP contribution < -0.4 is 5.73 Å². The summed E-state index contributed by atoms with van der Waals surface area (Å²) >= 11 is 0. The highest BCUT2D eigenvalue weighted by atomic mass is 15.3. The molecule has 0 radical (unpaired) electrons. The zero-order chi connectivity index (χ0) is 10.8. The zero-order valence-corrected chi connectivity index (χ0v) is 9.15. The Morgan fingerprint density at radius 1 is 1.57 bits per heavy atom. The minimum Gasteiger partial charge on any atom is -0.387 e. The Hall–Kier alpha value is -1.39. The van der Waals surface area contributed by atoms with Crippen molar-refractivity contribution in [3.63, 3.8) is 0 Å². The number of aliphatic imine (C=N–C) groups is 1. The van der Waals surface area contributed by atoms with Crippen LogP contribution in [0.3, 0.4) is 0 Å². The molecule has 1 aromatic rings. The van der Waals surface area contributed by atoms with Gasteiger partial charge in [0.05, 0.1) is 5.84 Å². The van der Waals surface area contributed by atoms with E-state index in [0.29, 0.717) is 18.2 Å². The normalized spacial score (nSPS) is 13.3. The first kappa shape index (κ1) is 10.7. The van der Waals surface area contributed by atoms with Crippen LogP contribution in [0.5, 0.6) is 0 Å². The van der Waals surface area contributed by atoms with Gasteiger partial charge in [-0.15, -0.1) is 0 Å². The third kappa shape index (κ3) is 2.83. The van der Waals surface area contributed by atoms with E-state index in [9.17, 15) is 0 Å². The van der Waals surface area contributed by atoms with Gasteiger partial charge in [-0.05, 0) is 0 Å². The molecule has 5 nitrogen and oxygen atoms in total. The maximum absolute atomic E-state index is 5.79. The number of amidine groups is 1. The summed E-state index contributed by atoms with van der Waals surface area (Å²) in [5, 5.41) is 4.11. The lowest BCUT2D eigenvalue weighted by Gasteiger charge is -2.16. The highest BCUT2D eigenvalue weighted by molar-refractivity contribution is 5.85. The van der Waals surface area contributed by atoms with E-state index >= 15 is 0 Å². The molecule has 0 unspecified atom stereocenters. The largest absolute Gasteiger partial charge is 0.387 e. The molecule has 0 fully saturated rings. The first-order valence-corrected chi connectivity index (χ1v) is 4.54. The fraction of sp³-hybridized carbons (Fsp3) is 0.667. The molecule has 0 saturated heterocycles. The third-order valence-electron chi connectivity index (χ3n) is 1.81. The van der Waals surface area contributed by atoms with Crippen LogP contribution in [-0.4, -0.2) is 20.6 Å². The van der Waals surface area contributed by atoms with Crippen LogP contribution in [0.4, 0.5) is 0 Å². The second-order valence-corrected chi connectivity index (χ2v) is 4.29. The molecule has 0 amide bonds. The molecule has 0 aliphatic heterocycles. The predicted molar refractivity (Wildman–Crippen MR) is 55.8 cm³/mol. The summed E-state index contributed by atoms with van der Waals surface area (Å²) in [5.74, 6) is 1.32. The third-order valence-corrected chi connectivity index (χ3v) is 1.81. The van der Waals surface area contributed by atoms with E-state index in [1.807, 2.05) is 27.8 Å². The van der Waals surface area contributed by atoms with Gasteiger partial charge in [0.2, 0.25) is 0 Å². The van der Waals surface area contributed by atoms with Crippen molar-refractivity contribution in [2.24, 2.45) is 23.2 Å². The number of aromatic nitrogens is 3. The van der Waals surface area contributed by atoms with Crippen molar-refractivity contribution in [1.82, 2.24) is 14.8 Å². The average molecular weight is 195 g/mol. The molecule has 1 aromatic heterocycles. The SMILES string of the molecule is Cn1cnc(CN=C(N)C(C)(C)C)n1. The van der Waals surface area contributed by atoms with Gasteiger partial charge in [0, 0.05) is 12.5 Å². The number of aryl methyl sites for hydroxylation is 1. The second-order valence-electron chi connectivity index (χ2n) is 4.29. The van der Waals surface area contributed by atoms with Crippen LogP contribution in [0, 0.1) is 5.41 Å². The van der Waals surface area contributed by atoms with Crippen LogP contribution >= 0.6 is 0 Å². The van der Waals surface area contributed by atoms with Gasteiger partial charge in [-0.1, -0.05) is 20.8 Å². The first-order chi connectivity index (χ1) is 6.39. The van der Waals surface area contributed by atoms with Crippen LogP contribution in [0.25, 0.3) is 0 Å². The summed E-state index contributed by atoms with van der Waals surface area (Å²) in [6.45, 7) is 6.52. The molecule has 0 aliphatic rings. The predicted octanol–water partition coefficient (Wildman–Crippen LogP) is 0.718. The number of rotatable bonds is 2. The molecule has 1 heterocycles. The molecule has 0 atom stereocenters. The highest BCUT2D eigenvalue weighted by Crippen LogP contribution is 2.12. The Morgan fingerprint density at radius 3 is 2.64 bits per heavy atom. The molecule has 1 rings (SSSR count). The molecule has 0 bridgehead atoms. The lowest BCUT2D eigenvalue weighted by atomic mass is 9.95. The molecule has 0 spiro atoms. The van der Waals surface area contributed by atoms with Gasteiger partial charge >= 0.3 is 0 Å². The van der Waals surface area contributed by atoms with Crippen LogP contribution in [0.1, 0.15) is 26.6 Å². The Kier molecular flexibility index (Phi) is 2.88. The minimum atomic E-state index is -0.0885. The Balaban J connectivity index is 2.64. The average Bonchev–Trinajstić information content (AvgIpc) is 2.45. The summed E-state index contributed by atoms with van der Waals surface area (Å²) < 4.78 is 1.65. The van der Waals surface area contributed by atoms with Gasteiger partial charge in [0.1, 0.15) is 12.9 Å². The fourth-order valence-corrected chi connectivity index (χ4v) is 0.849. The van der Waals surface area contributed by atoms with Crippen molar-refractivity contribution in [2.45, 2.75) is 27.3 Å². The summed E-state index contributed by atoms with van der Waals surface area (Å²) in [7, 11) is 1.83. The smallest absolute Gasteiger partial charge is 0.171 e. The lowest BCUT2D eigenvalue weighted by Crippen LogP contribution is -2.29. The van der Waals surface area contributed by atoms with Crippen molar-refractivity contribution in [1.29, 1.82) is 0 Å². The maximum Gasteiger partial charge on any atom is 0.171 e. The lowest BCUT2D eigenvalue weighted by molar-refractivity contribution is 0.580. The molecule has 0 saturated carbocycles. The summed E-state index contributed by atoms with van der Waals surface area (Å²) in [4.78, 5) is 8.29. The van der Waals surface area contributed by atoms with Crippen molar-refractivity contribution < 1.29 is 0 Å². The number of hydrogen-bond donors (Lipinski definition) is 1. The van der Waals surface area contributed by atoms with E-state index in [1.54, 1.807) is 11.0 Å². The van der Waals surface area contributed by atoms with E-state index < -0.39 is 0 Å². The van der Waals surface area contributed by atoms with Gasteiger partial charge in [-0.3, -0.25) is 9.67 Å². The molecular formula is C9H17N5. The first-order valence-electron chi connectivity index (χ1n) is 4.54. The van der Waals surface area contributed by atoms with Gasteiger partial charge in [0.25, 0.3) is 0 Å². The topological polar surface area (TPSA) is 69.1 Å². The van der Waals surface area contributed by atoms with Gasteiger partial charge in [0.15, 0.2) is 5.82 Å². The van der Waals surface area contributed by atoms with E-state index in [-0.39, 0.29) is 5.41 Å². The van der Waals surface area contributed by atoms with E-state index in [0.717, 1.165) is 0 Å². The van der Waals surface area contributed by atoms with Crippen molar-refractivity contribution in [2.75, 3.05) is 0 Å². The summed E-state index contributed by atoms with van der Waals surface area (Å²) in [6.07, 6.45) is 1.65. The van der Waals surface area contributed by atoms with Gasteiger partial charge in [-0.25, -0.2) is 4.98 Å². The Labute approximate surface area is 84.0 Å². The minimum absolute atomic E-state index is 0.0885. The van der Waals surface area contributed by atoms with Crippen LogP contribution in [0.15, 0.2) is 11.3 Å². The van der Waals surface area contributed by atoms with Gasteiger partial charge in [-0.2, -0.15) is 5.10 Å². The van der Waals surface area contributed by atoms with Gasteiger partial charge < -0.3 is 5.73 Å². The van der Waals surface area contributed by atoms with E-state index in [4.69, 9.17) is 5.73 Å². The molecule has 5 heteroatoms. The molecule has 14 heavy (non-hydrogen) atoms. The molecule has 2 N–H and O–H groups in total. The Bertz CT molecular complexity index is 331. The standard InChI is InChI=1S/C9H17N5/c1-9(2,3)8(10)11-5-7-12-6-14(4)13-7/h6H,5H2,1-4H3,(H2,10,11). The Morgan fingerprint density at radius 2 is 2.21 bits per heavy atom. The molecule has 0 aliphatic carbocycles. The van der Waals surface area contributed by atoms with E-state index in [1.165, 1.54) is 0 Å². The fourth-order valence-electron chi connectivity index (χ4n) is 0.849. The quantitative estimate of drug-likeness (QED) is 0.558. The molecule has 78 valence electrons. The monoisotopic (exact) mass is 195 g/mol.